The smallest absolute Gasteiger partial charge is 0.125 e. The van der Waals surface area contributed by atoms with E-state index in [0.29, 0.717) is 13.2 Å². The summed E-state index contributed by atoms with van der Waals surface area (Å²) in [6, 6.07) is 6.08. The highest BCUT2D eigenvalue weighted by atomic mass is 16.5. The van der Waals surface area contributed by atoms with Crippen LogP contribution in [0.3, 0.4) is 0 Å². The fourth-order valence-electron chi connectivity index (χ4n) is 2.55. The summed E-state index contributed by atoms with van der Waals surface area (Å²) < 4.78 is 5.76. The van der Waals surface area contributed by atoms with Gasteiger partial charge in [-0.15, -0.1) is 0 Å². The number of aliphatic hydroxyl groups excluding tert-OH is 1. The van der Waals surface area contributed by atoms with Crippen LogP contribution in [0.5, 0.6) is 5.75 Å². The molecule has 0 spiro atoms. The molecule has 0 bridgehead atoms. The molecule has 1 aromatic rings. The number of nitrogens with one attached hydrogen (secondary N) is 1. The highest BCUT2D eigenvalue weighted by Gasteiger charge is 2.12. The fraction of sp³-hybridized carbons (Fsp3) is 0.625. The zero-order chi connectivity index (χ0) is 14.4. The molecule has 1 atom stereocenters. The summed E-state index contributed by atoms with van der Waals surface area (Å²) in [6.45, 7) is 7.08. The van der Waals surface area contributed by atoms with Crippen molar-refractivity contribution < 1.29 is 9.84 Å². The van der Waals surface area contributed by atoms with Gasteiger partial charge in [-0.3, -0.25) is 5.43 Å². The van der Waals surface area contributed by atoms with E-state index in [-0.39, 0.29) is 0 Å². The Hall–Kier alpha value is -1.10. The maximum absolute atomic E-state index is 10.0. The number of piperidine rings is 1. The van der Waals surface area contributed by atoms with Crippen LogP contribution in [-0.2, 0) is 0 Å². The predicted octanol–water partition coefficient (Wildman–Crippen LogP) is 2.03. The third kappa shape index (κ3) is 4.47. The normalized spacial score (nSPS) is 17.9. The number of aliphatic hydroxyl groups is 1. The van der Waals surface area contributed by atoms with Crippen molar-refractivity contribution in [1.29, 1.82) is 0 Å². The van der Waals surface area contributed by atoms with Crippen molar-refractivity contribution in [2.24, 2.45) is 0 Å². The number of benzene rings is 1. The molecule has 1 saturated heterocycles. The van der Waals surface area contributed by atoms with Gasteiger partial charge in [0.15, 0.2) is 0 Å². The minimum absolute atomic E-state index is 0.326. The van der Waals surface area contributed by atoms with Gasteiger partial charge in [-0.1, -0.05) is 24.6 Å². The molecule has 2 rings (SSSR count). The molecule has 1 fully saturated rings. The number of aryl methyl sites for hydroxylation is 2. The number of hydrazine groups is 1. The molecule has 4 nitrogen and oxygen atoms in total. The molecule has 1 aromatic carbocycles. The zero-order valence-corrected chi connectivity index (χ0v) is 12.6. The maximum Gasteiger partial charge on any atom is 0.125 e. The lowest BCUT2D eigenvalue weighted by atomic mass is 10.1. The lowest BCUT2D eigenvalue weighted by Crippen LogP contribution is -2.46. The summed E-state index contributed by atoms with van der Waals surface area (Å²) in [5, 5.41) is 12.2. The third-order valence-electron chi connectivity index (χ3n) is 3.74. The van der Waals surface area contributed by atoms with Crippen molar-refractivity contribution in [2.75, 3.05) is 26.2 Å². The Morgan fingerprint density at radius 3 is 2.50 bits per heavy atom. The van der Waals surface area contributed by atoms with Gasteiger partial charge in [0.05, 0.1) is 0 Å². The lowest BCUT2D eigenvalue weighted by Gasteiger charge is -2.28. The van der Waals surface area contributed by atoms with E-state index in [9.17, 15) is 5.11 Å². The monoisotopic (exact) mass is 278 g/mol. The van der Waals surface area contributed by atoms with Crippen molar-refractivity contribution in [3.8, 4) is 5.75 Å². The van der Waals surface area contributed by atoms with E-state index in [0.717, 1.165) is 30.0 Å². The first kappa shape index (κ1) is 15.3. The fourth-order valence-corrected chi connectivity index (χ4v) is 2.55. The number of para-hydroxylation sites is 1. The van der Waals surface area contributed by atoms with Crippen molar-refractivity contribution in [1.82, 2.24) is 10.4 Å². The highest BCUT2D eigenvalue weighted by molar-refractivity contribution is 5.39. The van der Waals surface area contributed by atoms with Crippen molar-refractivity contribution >= 4 is 0 Å². The van der Waals surface area contributed by atoms with E-state index in [2.05, 4.69) is 10.4 Å². The second-order valence-electron chi connectivity index (χ2n) is 5.60. The molecule has 1 unspecified atom stereocenters. The summed E-state index contributed by atoms with van der Waals surface area (Å²) >= 11 is 0. The van der Waals surface area contributed by atoms with E-state index in [1.165, 1.54) is 19.3 Å². The first-order chi connectivity index (χ1) is 9.66. The van der Waals surface area contributed by atoms with Gasteiger partial charge >= 0.3 is 0 Å². The van der Waals surface area contributed by atoms with Crippen LogP contribution >= 0.6 is 0 Å². The average molecular weight is 278 g/mol. The van der Waals surface area contributed by atoms with Gasteiger partial charge in [0.25, 0.3) is 0 Å². The Labute approximate surface area is 121 Å². The minimum atomic E-state index is -0.490. The third-order valence-corrected chi connectivity index (χ3v) is 3.74. The van der Waals surface area contributed by atoms with Crippen LogP contribution in [0.4, 0.5) is 0 Å². The minimum Gasteiger partial charge on any atom is -0.490 e. The molecule has 0 saturated carbocycles. The van der Waals surface area contributed by atoms with E-state index in [1.54, 1.807) is 0 Å². The molecule has 4 heteroatoms. The van der Waals surface area contributed by atoms with Gasteiger partial charge in [0, 0.05) is 19.6 Å². The zero-order valence-electron chi connectivity index (χ0n) is 12.6. The van der Waals surface area contributed by atoms with E-state index < -0.39 is 6.10 Å². The summed E-state index contributed by atoms with van der Waals surface area (Å²) in [5.74, 6) is 0.893. The Bertz CT molecular complexity index is 397. The van der Waals surface area contributed by atoms with Crippen molar-refractivity contribution in [3.05, 3.63) is 29.3 Å². The molecular formula is C16H26N2O2. The first-order valence-corrected chi connectivity index (χ1v) is 7.52. The molecule has 20 heavy (non-hydrogen) atoms. The Balaban J connectivity index is 1.73. The number of hydrogen-bond acceptors (Lipinski definition) is 4. The Morgan fingerprint density at radius 2 is 1.85 bits per heavy atom. The van der Waals surface area contributed by atoms with E-state index in [4.69, 9.17) is 4.74 Å². The van der Waals surface area contributed by atoms with Gasteiger partial charge in [0.1, 0.15) is 18.5 Å². The second-order valence-corrected chi connectivity index (χ2v) is 5.60. The summed E-state index contributed by atoms with van der Waals surface area (Å²) in [5.41, 5.74) is 5.51. The molecule has 2 N–H and O–H groups in total. The molecular weight excluding hydrogens is 252 g/mol. The Morgan fingerprint density at radius 1 is 1.20 bits per heavy atom. The van der Waals surface area contributed by atoms with Gasteiger partial charge in [-0.25, -0.2) is 5.01 Å². The highest BCUT2D eigenvalue weighted by Crippen LogP contribution is 2.22. The SMILES string of the molecule is Cc1cccc(C)c1OCC(O)CNN1CCCCC1. The first-order valence-electron chi connectivity index (χ1n) is 7.52. The second kappa shape index (κ2) is 7.62. The molecule has 0 amide bonds. The topological polar surface area (TPSA) is 44.7 Å². The van der Waals surface area contributed by atoms with Gasteiger partial charge in [-0.05, 0) is 37.8 Å². The molecule has 1 heterocycles. The van der Waals surface area contributed by atoms with Crippen molar-refractivity contribution in [2.45, 2.75) is 39.2 Å². The van der Waals surface area contributed by atoms with Gasteiger partial charge in [-0.2, -0.15) is 0 Å². The van der Waals surface area contributed by atoms with Crippen LogP contribution in [0.25, 0.3) is 0 Å². The molecule has 0 aromatic heterocycles. The van der Waals surface area contributed by atoms with Crippen LogP contribution in [0.1, 0.15) is 30.4 Å². The Kier molecular flexibility index (Phi) is 5.83. The van der Waals surface area contributed by atoms with Crippen molar-refractivity contribution in [3.63, 3.8) is 0 Å². The summed E-state index contributed by atoms with van der Waals surface area (Å²) in [4.78, 5) is 0. The van der Waals surface area contributed by atoms with E-state index in [1.807, 2.05) is 32.0 Å². The summed E-state index contributed by atoms with van der Waals surface area (Å²) in [7, 11) is 0. The maximum atomic E-state index is 10.0. The quantitative estimate of drug-likeness (QED) is 0.836. The summed E-state index contributed by atoms with van der Waals surface area (Å²) in [6.07, 6.45) is 3.30. The van der Waals surface area contributed by atoms with Crippen LogP contribution in [0.2, 0.25) is 0 Å². The molecule has 0 aliphatic carbocycles. The lowest BCUT2D eigenvalue weighted by molar-refractivity contribution is 0.0680. The van der Waals surface area contributed by atoms with Crippen LogP contribution in [0.15, 0.2) is 18.2 Å². The molecule has 0 radical (unpaired) electrons. The standard InChI is InChI=1S/C16H26N2O2/c1-13-7-6-8-14(2)16(13)20-12-15(19)11-17-18-9-4-3-5-10-18/h6-8,15,17,19H,3-5,9-12H2,1-2H3. The van der Waals surface area contributed by atoms with Crippen LogP contribution < -0.4 is 10.2 Å². The molecule has 112 valence electrons. The number of rotatable bonds is 6. The molecule has 1 aliphatic heterocycles. The molecule has 1 aliphatic rings. The van der Waals surface area contributed by atoms with Gasteiger partial charge < -0.3 is 9.84 Å². The van der Waals surface area contributed by atoms with Gasteiger partial charge in [0.2, 0.25) is 0 Å². The number of nitrogens with zero attached hydrogens (tertiary/aromatic N) is 1. The van der Waals surface area contributed by atoms with Crippen LogP contribution in [0, 0.1) is 13.8 Å². The van der Waals surface area contributed by atoms with Crippen LogP contribution in [-0.4, -0.2) is 42.5 Å². The predicted molar refractivity (Wildman–Crippen MR) is 80.8 cm³/mol. The number of hydrogen-bond donors (Lipinski definition) is 2. The van der Waals surface area contributed by atoms with E-state index >= 15 is 0 Å². The largest absolute Gasteiger partial charge is 0.490 e. The number of ether oxygens (including phenoxy) is 1. The average Bonchev–Trinajstić information content (AvgIpc) is 2.46.